The highest BCUT2D eigenvalue weighted by Crippen LogP contribution is 2.19. The lowest BCUT2D eigenvalue weighted by molar-refractivity contribution is 0.0942. The van der Waals surface area contributed by atoms with Gasteiger partial charge in [-0.3, -0.25) is 14.7 Å². The Morgan fingerprint density at radius 1 is 1.12 bits per heavy atom. The summed E-state index contributed by atoms with van der Waals surface area (Å²) >= 11 is 5.93. The molecule has 0 atom stereocenters. The Balaban J connectivity index is 1.39. The molecule has 0 bridgehead atoms. The zero-order valence-electron chi connectivity index (χ0n) is 13.4. The molecule has 1 aliphatic heterocycles. The molecule has 0 radical (unpaired) electrons. The average Bonchev–Trinajstić information content (AvgIpc) is 2.64. The van der Waals surface area contributed by atoms with Crippen molar-refractivity contribution in [3.63, 3.8) is 0 Å². The summed E-state index contributed by atoms with van der Waals surface area (Å²) in [5, 5.41) is 3.64. The minimum absolute atomic E-state index is 0.178. The Bertz CT molecular complexity index is 656. The van der Waals surface area contributed by atoms with E-state index in [2.05, 4.69) is 37.2 Å². The number of anilines is 1. The lowest BCUT2D eigenvalue weighted by atomic mass is 10.2. The minimum Gasteiger partial charge on any atom is -0.369 e. The number of aromatic nitrogens is 2. The zero-order chi connectivity index (χ0) is 16.8. The number of amides is 1. The highest BCUT2D eigenvalue weighted by Gasteiger charge is 2.17. The predicted octanol–water partition coefficient (Wildman–Crippen LogP) is 1.68. The van der Waals surface area contributed by atoms with E-state index in [1.807, 2.05) is 12.1 Å². The lowest BCUT2D eigenvalue weighted by Crippen LogP contribution is -2.48. The van der Waals surface area contributed by atoms with Gasteiger partial charge in [-0.25, -0.2) is 4.98 Å². The molecule has 2 heterocycles. The van der Waals surface area contributed by atoms with E-state index in [1.54, 1.807) is 6.20 Å². The van der Waals surface area contributed by atoms with Crippen LogP contribution in [-0.2, 0) is 0 Å². The van der Waals surface area contributed by atoms with Gasteiger partial charge in [-0.2, -0.15) is 0 Å². The van der Waals surface area contributed by atoms with Crippen LogP contribution in [0.2, 0.25) is 5.02 Å². The SMILES string of the molecule is O=C(NCCN1CCN(c2ccc(Cl)cc2)CC1)c1cnccn1. The minimum atomic E-state index is -0.178. The number of carbonyl (C=O) groups excluding carboxylic acids is 1. The number of nitrogens with zero attached hydrogens (tertiary/aromatic N) is 4. The van der Waals surface area contributed by atoms with Gasteiger partial charge in [0.1, 0.15) is 5.69 Å². The Morgan fingerprint density at radius 3 is 2.54 bits per heavy atom. The molecule has 0 unspecified atom stereocenters. The maximum atomic E-state index is 11.9. The third-order valence-corrected chi connectivity index (χ3v) is 4.33. The maximum Gasteiger partial charge on any atom is 0.271 e. The molecule has 7 heteroatoms. The fourth-order valence-corrected chi connectivity index (χ4v) is 2.84. The summed E-state index contributed by atoms with van der Waals surface area (Å²) in [6.07, 6.45) is 4.54. The number of hydrogen-bond donors (Lipinski definition) is 1. The van der Waals surface area contributed by atoms with Crippen molar-refractivity contribution in [2.24, 2.45) is 0 Å². The number of benzene rings is 1. The van der Waals surface area contributed by atoms with E-state index in [9.17, 15) is 4.79 Å². The molecule has 24 heavy (non-hydrogen) atoms. The molecule has 0 saturated carbocycles. The molecule has 1 amide bonds. The first-order valence-corrected chi connectivity index (χ1v) is 8.37. The maximum absolute atomic E-state index is 11.9. The van der Waals surface area contributed by atoms with E-state index in [0.29, 0.717) is 12.2 Å². The zero-order valence-corrected chi connectivity index (χ0v) is 14.1. The summed E-state index contributed by atoms with van der Waals surface area (Å²) in [4.78, 5) is 24.5. The third-order valence-electron chi connectivity index (χ3n) is 4.07. The average molecular weight is 346 g/mol. The van der Waals surface area contributed by atoms with Gasteiger partial charge < -0.3 is 10.2 Å². The summed E-state index contributed by atoms with van der Waals surface area (Å²) in [5.74, 6) is -0.178. The van der Waals surface area contributed by atoms with Crippen molar-refractivity contribution < 1.29 is 4.79 Å². The van der Waals surface area contributed by atoms with E-state index in [1.165, 1.54) is 18.1 Å². The van der Waals surface area contributed by atoms with Crippen LogP contribution in [0.1, 0.15) is 10.5 Å². The van der Waals surface area contributed by atoms with Crippen LogP contribution in [-0.4, -0.2) is 60.0 Å². The molecular weight excluding hydrogens is 326 g/mol. The standard InChI is InChI=1S/C17H20ClN5O/c18-14-1-3-15(4-2-14)23-11-9-22(10-12-23)8-7-21-17(24)16-13-19-5-6-20-16/h1-6,13H,7-12H2,(H,21,24). The van der Waals surface area contributed by atoms with Crippen molar-refractivity contribution in [2.75, 3.05) is 44.2 Å². The van der Waals surface area contributed by atoms with Gasteiger partial charge in [0.05, 0.1) is 6.20 Å². The quantitative estimate of drug-likeness (QED) is 0.893. The van der Waals surface area contributed by atoms with E-state index < -0.39 is 0 Å². The second-order valence-electron chi connectivity index (χ2n) is 5.65. The molecule has 2 aromatic rings. The number of halogens is 1. The van der Waals surface area contributed by atoms with E-state index in [-0.39, 0.29) is 5.91 Å². The first-order valence-electron chi connectivity index (χ1n) is 7.99. The van der Waals surface area contributed by atoms with Gasteiger partial charge in [-0.05, 0) is 24.3 Å². The Hall–Kier alpha value is -2.18. The molecule has 3 rings (SSSR count). The van der Waals surface area contributed by atoms with Gasteiger partial charge in [0, 0.05) is 62.4 Å². The monoisotopic (exact) mass is 345 g/mol. The van der Waals surface area contributed by atoms with Crippen LogP contribution in [0, 0.1) is 0 Å². The molecule has 1 aromatic heterocycles. The summed E-state index contributed by atoms with van der Waals surface area (Å²) in [5.41, 5.74) is 1.56. The highest BCUT2D eigenvalue weighted by atomic mass is 35.5. The first kappa shape index (κ1) is 16.7. The molecule has 6 nitrogen and oxygen atoms in total. The Labute approximate surface area is 146 Å². The first-order chi connectivity index (χ1) is 11.7. The van der Waals surface area contributed by atoms with Gasteiger partial charge in [-0.15, -0.1) is 0 Å². The third kappa shape index (κ3) is 4.43. The molecule has 1 aliphatic rings. The smallest absolute Gasteiger partial charge is 0.271 e. The topological polar surface area (TPSA) is 61.4 Å². The summed E-state index contributed by atoms with van der Waals surface area (Å²) in [6.45, 7) is 5.34. The normalized spacial score (nSPS) is 15.3. The van der Waals surface area contributed by atoms with Crippen molar-refractivity contribution >= 4 is 23.2 Å². The lowest BCUT2D eigenvalue weighted by Gasteiger charge is -2.36. The second kappa shape index (κ2) is 8.08. The summed E-state index contributed by atoms with van der Waals surface area (Å²) in [7, 11) is 0. The van der Waals surface area contributed by atoms with Crippen molar-refractivity contribution in [2.45, 2.75) is 0 Å². The van der Waals surface area contributed by atoms with Gasteiger partial charge in [0.25, 0.3) is 5.91 Å². The Morgan fingerprint density at radius 2 is 1.88 bits per heavy atom. The molecule has 126 valence electrons. The van der Waals surface area contributed by atoms with Gasteiger partial charge in [0.15, 0.2) is 0 Å². The van der Waals surface area contributed by atoms with Crippen molar-refractivity contribution in [1.82, 2.24) is 20.2 Å². The predicted molar refractivity (Wildman–Crippen MR) is 94.5 cm³/mol. The van der Waals surface area contributed by atoms with Crippen LogP contribution in [0.3, 0.4) is 0 Å². The largest absolute Gasteiger partial charge is 0.369 e. The second-order valence-corrected chi connectivity index (χ2v) is 6.09. The highest BCUT2D eigenvalue weighted by molar-refractivity contribution is 6.30. The van der Waals surface area contributed by atoms with Crippen LogP contribution >= 0.6 is 11.6 Å². The van der Waals surface area contributed by atoms with E-state index >= 15 is 0 Å². The molecule has 1 saturated heterocycles. The molecule has 1 aromatic carbocycles. The molecule has 1 N–H and O–H groups in total. The fraction of sp³-hybridized carbons (Fsp3) is 0.353. The number of piperazine rings is 1. The Kier molecular flexibility index (Phi) is 5.61. The van der Waals surface area contributed by atoms with Gasteiger partial charge in [0.2, 0.25) is 0 Å². The van der Waals surface area contributed by atoms with Crippen LogP contribution in [0.15, 0.2) is 42.9 Å². The van der Waals surface area contributed by atoms with Crippen molar-refractivity contribution in [1.29, 1.82) is 0 Å². The molecule has 0 spiro atoms. The van der Waals surface area contributed by atoms with Crippen LogP contribution in [0.5, 0.6) is 0 Å². The summed E-state index contributed by atoms with van der Waals surface area (Å²) < 4.78 is 0. The van der Waals surface area contributed by atoms with Crippen LogP contribution in [0.25, 0.3) is 0 Å². The van der Waals surface area contributed by atoms with Crippen LogP contribution < -0.4 is 10.2 Å². The summed E-state index contributed by atoms with van der Waals surface area (Å²) in [6, 6.07) is 7.95. The van der Waals surface area contributed by atoms with Gasteiger partial charge >= 0.3 is 0 Å². The van der Waals surface area contributed by atoms with Gasteiger partial charge in [-0.1, -0.05) is 11.6 Å². The molecule has 0 aliphatic carbocycles. The van der Waals surface area contributed by atoms with Crippen LogP contribution in [0.4, 0.5) is 5.69 Å². The van der Waals surface area contributed by atoms with E-state index in [4.69, 9.17) is 11.6 Å². The molecular formula is C17H20ClN5O. The fourth-order valence-electron chi connectivity index (χ4n) is 2.72. The van der Waals surface area contributed by atoms with Crippen molar-refractivity contribution in [3.05, 3.63) is 53.6 Å². The van der Waals surface area contributed by atoms with Crippen molar-refractivity contribution in [3.8, 4) is 0 Å². The number of carbonyl (C=O) groups is 1. The molecule has 1 fully saturated rings. The number of hydrogen-bond acceptors (Lipinski definition) is 5. The van der Waals surface area contributed by atoms with E-state index in [0.717, 1.165) is 37.7 Å². The number of nitrogens with one attached hydrogen (secondary N) is 1. The number of rotatable bonds is 5.